The smallest absolute Gasteiger partial charge is 0.295 e. The Morgan fingerprint density at radius 3 is 2.36 bits per heavy atom. The van der Waals surface area contributed by atoms with Crippen LogP contribution in [-0.4, -0.2) is 11.2 Å². The average molecular weight is 206 g/mol. The molecule has 6 heteroatoms. The first kappa shape index (κ1) is 10.5. The van der Waals surface area contributed by atoms with Crippen LogP contribution in [0.3, 0.4) is 0 Å². The van der Waals surface area contributed by atoms with E-state index in [4.69, 9.17) is 5.26 Å². The summed E-state index contributed by atoms with van der Waals surface area (Å²) in [4.78, 5) is 13.9. The van der Waals surface area contributed by atoms with Crippen LogP contribution in [-0.2, 0) is 11.1 Å². The lowest BCUT2D eigenvalue weighted by molar-refractivity contribution is -0.184. The Balaban J connectivity index is 3.23. The van der Waals surface area contributed by atoms with Crippen molar-refractivity contribution in [3.63, 3.8) is 0 Å². The zero-order valence-corrected chi connectivity index (χ0v) is 6.71. The summed E-state index contributed by atoms with van der Waals surface area (Å²) in [5.74, 6) is -1.43. The van der Waals surface area contributed by atoms with E-state index in [2.05, 4.69) is 4.89 Å². The van der Waals surface area contributed by atoms with Crippen LogP contribution >= 0.6 is 0 Å². The van der Waals surface area contributed by atoms with Crippen molar-refractivity contribution in [2.75, 3.05) is 0 Å². The summed E-state index contributed by atoms with van der Waals surface area (Å²) in [6, 6.07) is 4.02. The molecule has 0 aliphatic rings. The Hall–Kier alpha value is -1.56. The molecule has 0 fully saturated rings. The molecule has 76 valence electrons. The van der Waals surface area contributed by atoms with Crippen molar-refractivity contribution in [2.24, 2.45) is 0 Å². The molecule has 0 saturated heterocycles. The van der Waals surface area contributed by atoms with E-state index in [1.807, 2.05) is 0 Å². The average Bonchev–Trinajstić information content (AvgIpc) is 2.15. The number of carbonyl (C=O) groups is 1. The highest BCUT2D eigenvalue weighted by atomic mass is 19.4. The first-order valence-corrected chi connectivity index (χ1v) is 3.49. The van der Waals surface area contributed by atoms with Crippen molar-refractivity contribution >= 4 is 5.97 Å². The lowest BCUT2D eigenvalue weighted by atomic mass is 10.1. The number of halogens is 3. The van der Waals surface area contributed by atoms with Gasteiger partial charge in [-0.05, 0) is 12.1 Å². The number of hydrogen-bond donors (Lipinski definition) is 1. The van der Waals surface area contributed by atoms with Gasteiger partial charge in [-0.2, -0.15) is 18.4 Å². The number of alkyl halides is 3. The Labute approximate surface area is 76.7 Å². The normalized spacial score (nSPS) is 11.1. The second-order valence-electron chi connectivity index (χ2n) is 2.42. The molecular weight excluding hydrogens is 201 g/mol. The minimum Gasteiger partial charge on any atom is -0.295 e. The minimum atomic E-state index is -4.65. The fourth-order valence-electron chi connectivity index (χ4n) is 0.957. The highest BCUT2D eigenvalue weighted by molar-refractivity contribution is 5.90. The van der Waals surface area contributed by atoms with Gasteiger partial charge in [0, 0.05) is 0 Å². The van der Waals surface area contributed by atoms with Gasteiger partial charge in [-0.3, -0.25) is 4.89 Å². The molecule has 14 heavy (non-hydrogen) atoms. The SMILES string of the molecule is O=C(OO)c1ccccc1C(F)(F)F. The molecule has 0 aliphatic heterocycles. The number of carbonyl (C=O) groups excluding carboxylic acids is 1. The molecule has 1 N–H and O–H groups in total. The summed E-state index contributed by atoms with van der Waals surface area (Å²) >= 11 is 0. The van der Waals surface area contributed by atoms with E-state index >= 15 is 0 Å². The van der Waals surface area contributed by atoms with Gasteiger partial charge in [0.25, 0.3) is 0 Å². The summed E-state index contributed by atoms with van der Waals surface area (Å²) in [5, 5.41) is 7.96. The molecular formula is C8H5F3O3. The maximum absolute atomic E-state index is 12.3. The zero-order chi connectivity index (χ0) is 10.8. The molecule has 0 aliphatic carbocycles. The Morgan fingerprint density at radius 2 is 1.86 bits per heavy atom. The first-order valence-electron chi connectivity index (χ1n) is 3.49. The van der Waals surface area contributed by atoms with Crippen LogP contribution in [0.1, 0.15) is 15.9 Å². The molecule has 0 atom stereocenters. The monoisotopic (exact) mass is 206 g/mol. The topological polar surface area (TPSA) is 46.5 Å². The van der Waals surface area contributed by atoms with Crippen LogP contribution in [0.25, 0.3) is 0 Å². The molecule has 0 saturated carbocycles. The molecule has 1 rings (SSSR count). The molecule has 0 unspecified atom stereocenters. The van der Waals surface area contributed by atoms with Gasteiger partial charge >= 0.3 is 12.1 Å². The minimum absolute atomic E-state index is 0.720. The van der Waals surface area contributed by atoms with Crippen molar-refractivity contribution in [3.8, 4) is 0 Å². The van der Waals surface area contributed by atoms with Gasteiger partial charge in [-0.1, -0.05) is 12.1 Å². The maximum atomic E-state index is 12.3. The standard InChI is InChI=1S/C8H5F3O3/c9-8(10,11)6-4-2-1-3-5(6)7(12)14-13/h1-4,13H. The van der Waals surface area contributed by atoms with E-state index in [1.54, 1.807) is 0 Å². The summed E-state index contributed by atoms with van der Waals surface area (Å²) in [6.07, 6.45) is -4.65. The molecule has 1 aromatic rings. The van der Waals surface area contributed by atoms with Gasteiger partial charge in [-0.25, -0.2) is 4.79 Å². The third kappa shape index (κ3) is 2.02. The van der Waals surface area contributed by atoms with Gasteiger partial charge in [0.05, 0.1) is 11.1 Å². The fourth-order valence-corrected chi connectivity index (χ4v) is 0.957. The number of rotatable bonds is 1. The number of benzene rings is 1. The highest BCUT2D eigenvalue weighted by Gasteiger charge is 2.35. The van der Waals surface area contributed by atoms with E-state index in [1.165, 1.54) is 6.07 Å². The van der Waals surface area contributed by atoms with E-state index in [0.29, 0.717) is 0 Å². The van der Waals surface area contributed by atoms with E-state index in [0.717, 1.165) is 18.2 Å². The predicted octanol–water partition coefficient (Wildman–Crippen LogP) is 2.34. The van der Waals surface area contributed by atoms with Crippen LogP contribution in [0.4, 0.5) is 13.2 Å². The third-order valence-corrected chi connectivity index (χ3v) is 1.54. The Kier molecular flexibility index (Phi) is 2.76. The largest absolute Gasteiger partial charge is 0.417 e. The summed E-state index contributed by atoms with van der Waals surface area (Å²) in [7, 11) is 0. The molecule has 3 nitrogen and oxygen atoms in total. The van der Waals surface area contributed by atoms with Crippen LogP contribution in [0.2, 0.25) is 0 Å². The molecule has 0 aromatic heterocycles. The summed E-state index contributed by atoms with van der Waals surface area (Å²) in [6.45, 7) is 0. The maximum Gasteiger partial charge on any atom is 0.417 e. The first-order chi connectivity index (χ1) is 6.46. The molecule has 1 aromatic carbocycles. The molecule has 0 bridgehead atoms. The second kappa shape index (κ2) is 3.67. The molecule has 0 radical (unpaired) electrons. The van der Waals surface area contributed by atoms with E-state index < -0.39 is 23.3 Å². The second-order valence-corrected chi connectivity index (χ2v) is 2.42. The zero-order valence-electron chi connectivity index (χ0n) is 6.71. The third-order valence-electron chi connectivity index (χ3n) is 1.54. The lowest BCUT2D eigenvalue weighted by Gasteiger charge is -2.09. The Morgan fingerprint density at radius 1 is 1.29 bits per heavy atom. The quantitative estimate of drug-likeness (QED) is 0.566. The summed E-state index contributed by atoms with van der Waals surface area (Å²) < 4.78 is 36.8. The van der Waals surface area contributed by atoms with Gasteiger partial charge < -0.3 is 0 Å². The molecule has 0 amide bonds. The highest BCUT2D eigenvalue weighted by Crippen LogP contribution is 2.31. The molecule has 0 spiro atoms. The summed E-state index contributed by atoms with van der Waals surface area (Å²) in [5.41, 5.74) is -1.86. The fraction of sp³-hybridized carbons (Fsp3) is 0.125. The van der Waals surface area contributed by atoms with Crippen LogP contribution < -0.4 is 0 Å². The van der Waals surface area contributed by atoms with Crippen LogP contribution in [0, 0.1) is 0 Å². The van der Waals surface area contributed by atoms with Crippen molar-refractivity contribution in [3.05, 3.63) is 35.4 Å². The van der Waals surface area contributed by atoms with Gasteiger partial charge in [0.2, 0.25) is 0 Å². The van der Waals surface area contributed by atoms with Crippen molar-refractivity contribution < 1.29 is 28.1 Å². The van der Waals surface area contributed by atoms with Gasteiger partial charge in [0.15, 0.2) is 0 Å². The van der Waals surface area contributed by atoms with Crippen molar-refractivity contribution in [1.82, 2.24) is 0 Å². The van der Waals surface area contributed by atoms with Crippen LogP contribution in [0.15, 0.2) is 24.3 Å². The predicted molar refractivity (Wildman–Crippen MR) is 39.5 cm³/mol. The lowest BCUT2D eigenvalue weighted by Crippen LogP contribution is -2.13. The van der Waals surface area contributed by atoms with Crippen LogP contribution in [0.5, 0.6) is 0 Å². The number of hydrogen-bond acceptors (Lipinski definition) is 3. The molecule has 0 heterocycles. The van der Waals surface area contributed by atoms with Gasteiger partial charge in [0.1, 0.15) is 0 Å². The van der Waals surface area contributed by atoms with E-state index in [9.17, 15) is 18.0 Å². The van der Waals surface area contributed by atoms with Crippen molar-refractivity contribution in [1.29, 1.82) is 0 Å². The van der Waals surface area contributed by atoms with Gasteiger partial charge in [-0.15, -0.1) is 0 Å². The Bertz CT molecular complexity index is 346. The van der Waals surface area contributed by atoms with Crippen molar-refractivity contribution in [2.45, 2.75) is 6.18 Å². The van der Waals surface area contributed by atoms with E-state index in [-0.39, 0.29) is 0 Å².